The average molecular weight is 224 g/mol. The first kappa shape index (κ1) is 14.1. The number of aromatic nitrogens is 1. The molecule has 0 aliphatic rings. The van der Waals surface area contributed by atoms with Crippen LogP contribution in [-0.4, -0.2) is 12.0 Å². The molecule has 0 spiro atoms. The van der Waals surface area contributed by atoms with Crippen LogP contribution in [0.2, 0.25) is 0 Å². The molecule has 1 aromatic rings. The van der Waals surface area contributed by atoms with E-state index in [1.807, 2.05) is 0 Å². The maximum absolute atomic E-state index is 11.9. The van der Waals surface area contributed by atoms with E-state index >= 15 is 0 Å². The molecule has 0 bridgehead atoms. The van der Waals surface area contributed by atoms with E-state index in [0.717, 1.165) is 6.20 Å². The van der Waals surface area contributed by atoms with Gasteiger partial charge in [0.1, 0.15) is 6.07 Å². The minimum Gasteiger partial charge on any atom is -0.449 e. The van der Waals surface area contributed by atoms with Crippen molar-refractivity contribution in [3.63, 3.8) is 0 Å². The van der Waals surface area contributed by atoms with Crippen molar-refractivity contribution >= 4 is 6.98 Å². The SMILES string of the molecule is N#Cc1cncc(C[B-](F)(F)F)c1.[K+]. The zero-order valence-corrected chi connectivity index (χ0v) is 10.7. The second kappa shape index (κ2) is 5.88. The summed E-state index contributed by atoms with van der Waals surface area (Å²) in [5, 5.41) is 8.39. The Hall–Kier alpha value is 0.131. The molecule has 14 heavy (non-hydrogen) atoms. The number of halogens is 3. The Morgan fingerprint density at radius 1 is 1.36 bits per heavy atom. The van der Waals surface area contributed by atoms with Gasteiger partial charge in [-0.05, 0) is 6.07 Å². The Bertz CT molecular complexity index is 348. The summed E-state index contributed by atoms with van der Waals surface area (Å²) in [7, 11) is 0. The van der Waals surface area contributed by atoms with Gasteiger partial charge in [0.25, 0.3) is 0 Å². The summed E-state index contributed by atoms with van der Waals surface area (Å²) in [5.41, 5.74) is 0.184. The third kappa shape index (κ3) is 5.12. The second-order valence-corrected chi connectivity index (χ2v) is 2.61. The van der Waals surface area contributed by atoms with Gasteiger partial charge in [-0.25, -0.2) is 0 Å². The van der Waals surface area contributed by atoms with E-state index in [-0.39, 0.29) is 62.5 Å². The number of nitriles is 1. The zero-order chi connectivity index (χ0) is 9.90. The first-order valence-electron chi connectivity index (χ1n) is 3.56. The van der Waals surface area contributed by atoms with Gasteiger partial charge in [0.15, 0.2) is 0 Å². The molecule has 2 nitrogen and oxygen atoms in total. The van der Waals surface area contributed by atoms with Gasteiger partial charge >= 0.3 is 58.4 Å². The van der Waals surface area contributed by atoms with Crippen LogP contribution in [0, 0.1) is 11.3 Å². The third-order valence-electron chi connectivity index (χ3n) is 1.39. The van der Waals surface area contributed by atoms with E-state index in [4.69, 9.17) is 5.26 Å². The molecule has 1 heterocycles. The fraction of sp³-hybridized carbons (Fsp3) is 0.143. The van der Waals surface area contributed by atoms with E-state index in [9.17, 15) is 12.9 Å². The van der Waals surface area contributed by atoms with E-state index in [1.54, 1.807) is 6.07 Å². The van der Waals surface area contributed by atoms with Gasteiger partial charge in [-0.15, -0.1) is 0 Å². The zero-order valence-electron chi connectivity index (χ0n) is 7.54. The van der Waals surface area contributed by atoms with E-state index in [0.29, 0.717) is 0 Å². The average Bonchev–Trinajstić information content (AvgIpc) is 2.01. The Balaban J connectivity index is 0.00000169. The molecule has 0 fully saturated rings. The van der Waals surface area contributed by atoms with Crippen molar-refractivity contribution < 1.29 is 64.3 Å². The maximum Gasteiger partial charge on any atom is 1.00 e. The van der Waals surface area contributed by atoms with Crippen molar-refractivity contribution in [2.75, 3.05) is 0 Å². The largest absolute Gasteiger partial charge is 1.00 e. The molecule has 0 aliphatic carbocycles. The van der Waals surface area contributed by atoms with Crippen molar-refractivity contribution in [2.45, 2.75) is 6.32 Å². The Kier molecular flexibility index (Phi) is 5.93. The predicted molar refractivity (Wildman–Crippen MR) is 41.7 cm³/mol. The molecule has 0 aromatic carbocycles. The number of hydrogen-bond donors (Lipinski definition) is 0. The molecule has 1 aromatic heterocycles. The Morgan fingerprint density at radius 2 is 2.00 bits per heavy atom. The first-order chi connectivity index (χ1) is 6.01. The monoisotopic (exact) mass is 224 g/mol. The van der Waals surface area contributed by atoms with Crippen LogP contribution in [0.5, 0.6) is 0 Å². The summed E-state index contributed by atoms with van der Waals surface area (Å²) in [6, 6.07) is 2.93. The normalized spacial score (nSPS) is 10.1. The van der Waals surface area contributed by atoms with Crippen molar-refractivity contribution in [2.24, 2.45) is 0 Å². The molecule has 7 heteroatoms. The summed E-state index contributed by atoms with van der Waals surface area (Å²) in [4.78, 5) is 3.53. The van der Waals surface area contributed by atoms with Crippen LogP contribution < -0.4 is 51.4 Å². The van der Waals surface area contributed by atoms with Crippen LogP contribution in [0.4, 0.5) is 12.9 Å². The summed E-state index contributed by atoms with van der Waals surface area (Å²) in [6.07, 6.45) is 1.37. The summed E-state index contributed by atoms with van der Waals surface area (Å²) < 4.78 is 35.8. The molecule has 0 radical (unpaired) electrons. The summed E-state index contributed by atoms with van der Waals surface area (Å²) >= 11 is 0. The van der Waals surface area contributed by atoms with Gasteiger partial charge in [-0.1, -0.05) is 11.9 Å². The Labute approximate surface area is 122 Å². The van der Waals surface area contributed by atoms with Crippen molar-refractivity contribution in [3.05, 3.63) is 29.6 Å². The van der Waals surface area contributed by atoms with Crippen LogP contribution >= 0.6 is 0 Å². The number of hydrogen-bond acceptors (Lipinski definition) is 2. The van der Waals surface area contributed by atoms with Crippen LogP contribution in [0.1, 0.15) is 11.1 Å². The maximum atomic E-state index is 11.9. The molecule has 0 unspecified atom stereocenters. The van der Waals surface area contributed by atoms with Crippen molar-refractivity contribution in [3.8, 4) is 6.07 Å². The molecule has 0 saturated heterocycles. The van der Waals surface area contributed by atoms with Gasteiger partial charge in [-0.3, -0.25) is 4.98 Å². The molecule has 1 rings (SSSR count). The Morgan fingerprint density at radius 3 is 2.50 bits per heavy atom. The molecular weight excluding hydrogens is 219 g/mol. The second-order valence-electron chi connectivity index (χ2n) is 2.61. The standard InChI is InChI=1S/C7H5BF3N2.K/c9-8(10,11)2-6-1-7(3-12)5-13-4-6;/h1,4-5H,2H2;/q-1;+1. The molecule has 68 valence electrons. The van der Waals surface area contributed by atoms with Gasteiger partial charge in [-0.2, -0.15) is 5.26 Å². The van der Waals surface area contributed by atoms with Gasteiger partial charge in [0.05, 0.1) is 5.56 Å². The topological polar surface area (TPSA) is 36.7 Å². The predicted octanol–water partition coefficient (Wildman–Crippen LogP) is -1.11. The fourth-order valence-corrected chi connectivity index (χ4v) is 0.928. The summed E-state index contributed by atoms with van der Waals surface area (Å²) in [6.45, 7) is -4.85. The molecule has 0 saturated carbocycles. The molecule has 0 aliphatic heterocycles. The van der Waals surface area contributed by atoms with E-state index < -0.39 is 13.3 Å². The molecule has 0 atom stereocenters. The first-order valence-corrected chi connectivity index (χ1v) is 3.56. The number of rotatable bonds is 2. The van der Waals surface area contributed by atoms with Crippen LogP contribution in [0.15, 0.2) is 18.5 Å². The van der Waals surface area contributed by atoms with E-state index in [2.05, 4.69) is 4.98 Å². The van der Waals surface area contributed by atoms with Crippen LogP contribution in [-0.2, 0) is 6.32 Å². The van der Waals surface area contributed by atoms with Crippen molar-refractivity contribution in [1.29, 1.82) is 5.26 Å². The molecular formula is C7H5BF3KN2. The molecule has 0 N–H and O–H groups in total. The quantitative estimate of drug-likeness (QED) is 0.597. The molecule has 0 amide bonds. The number of pyridine rings is 1. The van der Waals surface area contributed by atoms with Crippen LogP contribution in [0.3, 0.4) is 0 Å². The fourth-order valence-electron chi connectivity index (χ4n) is 0.928. The van der Waals surface area contributed by atoms with E-state index in [1.165, 1.54) is 12.3 Å². The minimum atomic E-state index is -4.85. The third-order valence-corrected chi connectivity index (χ3v) is 1.39. The minimum absolute atomic E-state index is 0. The van der Waals surface area contributed by atoms with Gasteiger partial charge < -0.3 is 12.9 Å². The van der Waals surface area contributed by atoms with Gasteiger partial charge in [0, 0.05) is 12.4 Å². The van der Waals surface area contributed by atoms with Crippen LogP contribution in [0.25, 0.3) is 0 Å². The number of nitrogens with zero attached hydrogens (tertiary/aromatic N) is 2. The van der Waals surface area contributed by atoms with Crippen molar-refractivity contribution in [1.82, 2.24) is 4.98 Å². The van der Waals surface area contributed by atoms with Gasteiger partial charge in [0.2, 0.25) is 0 Å². The summed E-state index contributed by atoms with van der Waals surface area (Å²) in [5.74, 6) is 0. The smallest absolute Gasteiger partial charge is 0.449 e.